The van der Waals surface area contributed by atoms with E-state index in [2.05, 4.69) is 25.2 Å². The molecule has 0 aliphatic carbocycles. The molecule has 1 aliphatic rings. The van der Waals surface area contributed by atoms with Crippen molar-refractivity contribution < 1.29 is 4.79 Å². The minimum absolute atomic E-state index is 0.00553. The van der Waals surface area contributed by atoms with E-state index in [0.29, 0.717) is 22.4 Å². The minimum Gasteiger partial charge on any atom is -0.322 e. The number of benzene rings is 2. The Kier molecular flexibility index (Phi) is 5.98. The molecule has 0 saturated carbocycles. The highest BCUT2D eigenvalue weighted by Gasteiger charge is 2.16. The van der Waals surface area contributed by atoms with E-state index in [1.54, 1.807) is 18.2 Å². The van der Waals surface area contributed by atoms with Gasteiger partial charge < -0.3 is 5.32 Å². The Hall–Kier alpha value is -2.95. The van der Waals surface area contributed by atoms with Crippen LogP contribution in [0.25, 0.3) is 10.9 Å². The molecule has 1 atom stereocenters. The van der Waals surface area contributed by atoms with Crippen molar-refractivity contribution in [2.45, 2.75) is 64.8 Å². The summed E-state index contributed by atoms with van der Waals surface area (Å²) in [6.07, 6.45) is 6.19. The molecular formula is C25H29N3O2. The average Bonchev–Trinajstić information content (AvgIpc) is 2.74. The third-order valence-electron chi connectivity index (χ3n) is 6.18. The van der Waals surface area contributed by atoms with Gasteiger partial charge in [-0.05, 0) is 55.0 Å². The number of nitrogens with zero attached hydrogens (tertiary/aromatic N) is 2. The van der Waals surface area contributed by atoms with Crippen LogP contribution in [0.4, 0.5) is 5.69 Å². The lowest BCUT2D eigenvalue weighted by atomic mass is 9.96. The summed E-state index contributed by atoms with van der Waals surface area (Å²) in [5.41, 5.74) is 3.10. The Morgan fingerprint density at radius 2 is 1.93 bits per heavy atom. The second-order valence-corrected chi connectivity index (χ2v) is 8.23. The van der Waals surface area contributed by atoms with Gasteiger partial charge in [-0.2, -0.15) is 0 Å². The van der Waals surface area contributed by atoms with Gasteiger partial charge in [0.2, 0.25) is 0 Å². The van der Waals surface area contributed by atoms with Gasteiger partial charge >= 0.3 is 0 Å². The average molecular weight is 404 g/mol. The lowest BCUT2D eigenvalue weighted by Gasteiger charge is -2.17. The van der Waals surface area contributed by atoms with Crippen molar-refractivity contribution in [1.29, 1.82) is 0 Å². The van der Waals surface area contributed by atoms with Gasteiger partial charge in [0.25, 0.3) is 11.5 Å². The van der Waals surface area contributed by atoms with Crippen LogP contribution in [0.5, 0.6) is 0 Å². The van der Waals surface area contributed by atoms with Gasteiger partial charge in [-0.15, -0.1) is 0 Å². The smallest absolute Gasteiger partial charge is 0.261 e. The largest absolute Gasteiger partial charge is 0.322 e. The van der Waals surface area contributed by atoms with Gasteiger partial charge in [0.05, 0.1) is 10.9 Å². The van der Waals surface area contributed by atoms with Crippen molar-refractivity contribution in [2.24, 2.45) is 0 Å². The molecule has 1 amide bonds. The summed E-state index contributed by atoms with van der Waals surface area (Å²) >= 11 is 0. The van der Waals surface area contributed by atoms with Gasteiger partial charge in [-0.3, -0.25) is 14.2 Å². The number of aryl methyl sites for hydroxylation is 1. The molecule has 2 aromatic carbocycles. The number of hydrogen-bond acceptors (Lipinski definition) is 3. The molecule has 4 rings (SSSR count). The summed E-state index contributed by atoms with van der Waals surface area (Å²) in [6, 6.07) is 13.1. The van der Waals surface area contributed by atoms with Crippen LogP contribution in [0.15, 0.2) is 47.3 Å². The molecule has 30 heavy (non-hydrogen) atoms. The molecule has 0 radical (unpaired) electrons. The van der Waals surface area contributed by atoms with Crippen molar-refractivity contribution in [1.82, 2.24) is 9.55 Å². The van der Waals surface area contributed by atoms with Crippen LogP contribution in [0.1, 0.15) is 73.6 Å². The Morgan fingerprint density at radius 3 is 2.77 bits per heavy atom. The lowest BCUT2D eigenvalue weighted by molar-refractivity contribution is 0.102. The second-order valence-electron chi connectivity index (χ2n) is 8.23. The summed E-state index contributed by atoms with van der Waals surface area (Å²) in [7, 11) is 0. The number of amides is 1. The molecule has 5 nitrogen and oxygen atoms in total. The fourth-order valence-corrected chi connectivity index (χ4v) is 4.19. The highest BCUT2D eigenvalue weighted by molar-refractivity contribution is 6.06. The van der Waals surface area contributed by atoms with E-state index >= 15 is 0 Å². The zero-order valence-corrected chi connectivity index (χ0v) is 17.8. The highest BCUT2D eigenvalue weighted by atomic mass is 16.1. The highest BCUT2D eigenvalue weighted by Crippen LogP contribution is 2.27. The van der Waals surface area contributed by atoms with Crippen LogP contribution in [0.2, 0.25) is 0 Å². The van der Waals surface area contributed by atoms with Gasteiger partial charge in [-0.25, -0.2) is 4.98 Å². The Morgan fingerprint density at radius 1 is 1.13 bits per heavy atom. The SMILES string of the molecule is CCC(C)c1ccccc1NC(=O)c1ccc2c(=O)n3c(nc2c1)CCCCCC3. The molecule has 1 unspecified atom stereocenters. The Bertz CT molecular complexity index is 1130. The number of hydrogen-bond donors (Lipinski definition) is 1. The molecule has 1 N–H and O–H groups in total. The van der Waals surface area contributed by atoms with Gasteiger partial charge in [0, 0.05) is 24.2 Å². The summed E-state index contributed by atoms with van der Waals surface area (Å²) < 4.78 is 1.82. The zero-order valence-electron chi connectivity index (χ0n) is 17.8. The first-order valence-corrected chi connectivity index (χ1v) is 11.0. The van der Waals surface area contributed by atoms with Gasteiger partial charge in [0.1, 0.15) is 5.82 Å². The number of nitrogens with one attached hydrogen (secondary N) is 1. The van der Waals surface area contributed by atoms with E-state index in [9.17, 15) is 9.59 Å². The molecule has 1 aromatic heterocycles. The number of para-hydroxylation sites is 1. The number of aromatic nitrogens is 2. The van der Waals surface area contributed by atoms with E-state index in [-0.39, 0.29) is 11.5 Å². The van der Waals surface area contributed by atoms with E-state index in [1.807, 2.05) is 22.8 Å². The van der Waals surface area contributed by atoms with E-state index < -0.39 is 0 Å². The molecule has 0 bridgehead atoms. The predicted octanol–water partition coefficient (Wildman–Crippen LogP) is 5.28. The maximum Gasteiger partial charge on any atom is 0.261 e. The first-order valence-electron chi connectivity index (χ1n) is 11.0. The number of carbonyl (C=O) groups excluding carboxylic acids is 1. The number of rotatable bonds is 4. The van der Waals surface area contributed by atoms with Crippen LogP contribution in [-0.2, 0) is 13.0 Å². The monoisotopic (exact) mass is 403 g/mol. The maximum absolute atomic E-state index is 13.0. The number of fused-ring (bicyclic) bond motifs is 2. The fraction of sp³-hybridized carbons (Fsp3) is 0.400. The van der Waals surface area contributed by atoms with E-state index in [4.69, 9.17) is 4.98 Å². The van der Waals surface area contributed by atoms with Gasteiger partial charge in [-0.1, -0.05) is 44.9 Å². The molecule has 1 aliphatic heterocycles. The molecule has 3 aromatic rings. The molecule has 0 spiro atoms. The molecule has 0 saturated heterocycles. The fourth-order valence-electron chi connectivity index (χ4n) is 4.19. The summed E-state index contributed by atoms with van der Waals surface area (Å²) in [6.45, 7) is 5.03. The van der Waals surface area contributed by atoms with Crippen molar-refractivity contribution in [2.75, 3.05) is 5.32 Å². The topological polar surface area (TPSA) is 64.0 Å². The third kappa shape index (κ3) is 4.02. The van der Waals surface area contributed by atoms with Crippen LogP contribution >= 0.6 is 0 Å². The van der Waals surface area contributed by atoms with Crippen molar-refractivity contribution in [3.05, 3.63) is 69.8 Å². The summed E-state index contributed by atoms with van der Waals surface area (Å²) in [5, 5.41) is 3.63. The minimum atomic E-state index is -0.179. The molecular weight excluding hydrogens is 374 g/mol. The van der Waals surface area contributed by atoms with Gasteiger partial charge in [0.15, 0.2) is 0 Å². The Labute approximate surface area is 177 Å². The zero-order chi connectivity index (χ0) is 21.1. The lowest BCUT2D eigenvalue weighted by Crippen LogP contribution is -2.26. The third-order valence-corrected chi connectivity index (χ3v) is 6.18. The van der Waals surface area contributed by atoms with Crippen molar-refractivity contribution in [3.63, 3.8) is 0 Å². The first kappa shape index (κ1) is 20.3. The molecule has 156 valence electrons. The van der Waals surface area contributed by atoms with Crippen LogP contribution in [0.3, 0.4) is 0 Å². The van der Waals surface area contributed by atoms with Crippen LogP contribution < -0.4 is 10.9 Å². The Balaban J connectivity index is 1.68. The first-order chi connectivity index (χ1) is 14.6. The number of carbonyl (C=O) groups is 1. The van der Waals surface area contributed by atoms with E-state index in [1.165, 1.54) is 6.42 Å². The van der Waals surface area contributed by atoms with Crippen LogP contribution in [-0.4, -0.2) is 15.5 Å². The summed E-state index contributed by atoms with van der Waals surface area (Å²) in [4.78, 5) is 30.7. The summed E-state index contributed by atoms with van der Waals surface area (Å²) in [5.74, 6) is 1.02. The predicted molar refractivity (Wildman–Crippen MR) is 121 cm³/mol. The van der Waals surface area contributed by atoms with E-state index in [0.717, 1.165) is 55.7 Å². The standard InChI is InChI=1S/C25H29N3O2/c1-3-17(2)19-10-7-8-11-21(19)27-24(29)18-13-14-20-22(16-18)26-23-12-6-4-5-9-15-28(23)25(20)30/h7-8,10-11,13-14,16-17H,3-6,9,12,15H2,1-2H3,(H,27,29). The normalized spacial score (nSPS) is 15.1. The molecule has 5 heteroatoms. The van der Waals surface area contributed by atoms with Crippen LogP contribution in [0, 0.1) is 0 Å². The molecule has 2 heterocycles. The second kappa shape index (κ2) is 8.82. The van der Waals surface area contributed by atoms with Crippen molar-refractivity contribution >= 4 is 22.5 Å². The maximum atomic E-state index is 13.0. The molecule has 0 fully saturated rings. The quantitative estimate of drug-likeness (QED) is 0.645. The number of anilines is 1. The van der Waals surface area contributed by atoms with Crippen molar-refractivity contribution in [3.8, 4) is 0 Å².